The second-order valence-corrected chi connectivity index (χ2v) is 7.10. The zero-order chi connectivity index (χ0) is 15.0. The third kappa shape index (κ3) is 2.68. The molecule has 4 atom stereocenters. The average molecular weight is 326 g/mol. The highest BCUT2D eigenvalue weighted by Gasteiger charge is 2.50. The van der Waals surface area contributed by atoms with Crippen molar-refractivity contribution in [1.82, 2.24) is 10.2 Å². The van der Waals surface area contributed by atoms with E-state index in [-0.39, 0.29) is 0 Å². The van der Waals surface area contributed by atoms with Crippen molar-refractivity contribution in [2.45, 2.75) is 23.5 Å². The maximum Gasteiger partial charge on any atom is 0.233 e. The van der Waals surface area contributed by atoms with E-state index in [9.17, 15) is 14.7 Å². The van der Waals surface area contributed by atoms with Crippen LogP contribution < -0.4 is 10.4 Å². The number of hydrogen-bond acceptors (Lipinski definition) is 8. The van der Waals surface area contributed by atoms with Crippen LogP contribution in [-0.4, -0.2) is 40.0 Å². The monoisotopic (exact) mass is 326 g/mol. The fourth-order valence-corrected chi connectivity index (χ4v) is 4.18. The molecule has 1 fully saturated rings. The van der Waals surface area contributed by atoms with Gasteiger partial charge < -0.3 is 20.0 Å². The van der Waals surface area contributed by atoms with E-state index in [2.05, 4.69) is 15.5 Å². The summed E-state index contributed by atoms with van der Waals surface area (Å²) in [4.78, 5) is 23.5. The number of anilines is 1. The fourth-order valence-electron chi connectivity index (χ4n) is 2.53. The summed E-state index contributed by atoms with van der Waals surface area (Å²) in [5.41, 5.74) is 0. The van der Waals surface area contributed by atoms with Crippen molar-refractivity contribution < 1.29 is 19.4 Å². The van der Waals surface area contributed by atoms with Crippen LogP contribution in [0.3, 0.4) is 0 Å². The Morgan fingerprint density at radius 3 is 2.76 bits per heavy atom. The molecule has 3 heterocycles. The first-order chi connectivity index (χ1) is 10.1. The molecule has 1 saturated heterocycles. The summed E-state index contributed by atoms with van der Waals surface area (Å²) in [5, 5.41) is 22.0. The first-order valence-electron chi connectivity index (χ1n) is 6.42. The number of rotatable bonds is 5. The zero-order valence-corrected chi connectivity index (χ0v) is 12.6. The number of thioether (sulfide) groups is 1. The van der Waals surface area contributed by atoms with Gasteiger partial charge in [-0.3, -0.25) is 4.79 Å². The van der Waals surface area contributed by atoms with Gasteiger partial charge in [0.1, 0.15) is 0 Å². The summed E-state index contributed by atoms with van der Waals surface area (Å²) >= 11 is 2.79. The number of carboxylic acids is 1. The number of carbonyl (C=O) groups is 2. The lowest BCUT2D eigenvalue weighted by Gasteiger charge is -2.24. The van der Waals surface area contributed by atoms with Gasteiger partial charge in [0.2, 0.25) is 11.0 Å². The first kappa shape index (κ1) is 14.5. The quantitative estimate of drug-likeness (QED) is 0.458. The number of carbonyl (C=O) groups excluding carboxylic acids is 2. The number of nitrogens with one attached hydrogen (secondary N) is 1. The van der Waals surface area contributed by atoms with Gasteiger partial charge >= 0.3 is 0 Å². The molecule has 2 aliphatic heterocycles. The summed E-state index contributed by atoms with van der Waals surface area (Å²) in [6.07, 6.45) is 2.27. The molecular formula is C12H12N3O4S2-. The second kappa shape index (κ2) is 5.74. The minimum atomic E-state index is -1.27. The Kier molecular flexibility index (Phi) is 3.96. The molecule has 0 spiro atoms. The third-order valence-corrected chi connectivity index (χ3v) is 5.23. The molecule has 0 unspecified atom stereocenters. The van der Waals surface area contributed by atoms with Crippen LogP contribution in [0.1, 0.15) is 6.92 Å². The second-order valence-electron chi connectivity index (χ2n) is 4.62. The van der Waals surface area contributed by atoms with E-state index in [1.54, 1.807) is 12.2 Å². The van der Waals surface area contributed by atoms with Crippen molar-refractivity contribution in [1.29, 1.82) is 0 Å². The average Bonchev–Trinajstić information content (AvgIpc) is 3.13. The maximum atomic E-state index is 12.3. The Morgan fingerprint density at radius 2 is 2.10 bits per heavy atom. The van der Waals surface area contributed by atoms with Crippen LogP contribution >= 0.6 is 23.1 Å². The summed E-state index contributed by atoms with van der Waals surface area (Å²) in [7, 11) is 0. The Labute approximate surface area is 128 Å². The van der Waals surface area contributed by atoms with Crippen molar-refractivity contribution in [3.63, 3.8) is 0 Å². The lowest BCUT2D eigenvalue weighted by Crippen LogP contribution is -2.45. The van der Waals surface area contributed by atoms with Crippen molar-refractivity contribution in [2.24, 2.45) is 11.8 Å². The van der Waals surface area contributed by atoms with Crippen molar-refractivity contribution in [3.05, 3.63) is 12.2 Å². The van der Waals surface area contributed by atoms with Gasteiger partial charge in [-0.1, -0.05) is 42.2 Å². The van der Waals surface area contributed by atoms with Crippen LogP contribution in [0.4, 0.5) is 5.13 Å². The van der Waals surface area contributed by atoms with Gasteiger partial charge in [-0.25, -0.2) is 0 Å². The molecule has 9 heteroatoms. The number of carboxylic acid groups (broad SMARTS) is 1. The zero-order valence-electron chi connectivity index (χ0n) is 11.0. The normalized spacial score (nSPS) is 29.8. The molecule has 1 N–H and O–H groups in total. The van der Waals surface area contributed by atoms with Gasteiger partial charge in [0.25, 0.3) is 0 Å². The number of aromatic nitrogens is 2. The molecule has 1 aromatic rings. The number of aliphatic carboxylic acids is 1. The van der Waals surface area contributed by atoms with E-state index < -0.39 is 35.9 Å². The Morgan fingerprint density at radius 1 is 1.38 bits per heavy atom. The van der Waals surface area contributed by atoms with Crippen LogP contribution in [-0.2, 0) is 14.3 Å². The lowest BCUT2D eigenvalue weighted by molar-refractivity contribution is -0.313. The molecule has 0 radical (unpaired) electrons. The minimum absolute atomic E-state index is 0.361. The maximum absolute atomic E-state index is 12.3. The largest absolute Gasteiger partial charge is 0.550 e. The molecule has 0 aromatic carbocycles. The van der Waals surface area contributed by atoms with Gasteiger partial charge in [-0.05, 0) is 5.75 Å². The molecule has 2 bridgehead atoms. The lowest BCUT2D eigenvalue weighted by atomic mass is 9.82. The molecule has 21 heavy (non-hydrogen) atoms. The van der Waals surface area contributed by atoms with Crippen LogP contribution in [0.5, 0.6) is 0 Å². The van der Waals surface area contributed by atoms with E-state index in [1.807, 2.05) is 6.92 Å². The van der Waals surface area contributed by atoms with Gasteiger partial charge in [-0.2, -0.15) is 0 Å². The SMILES string of the molecule is CCSc1nnc(NC(=O)[C@H]2[C@@H](C(=O)[O-])[C@H]3C=C[C@@H]2O3)s1. The van der Waals surface area contributed by atoms with Crippen LogP contribution in [0.25, 0.3) is 0 Å². The first-order valence-corrected chi connectivity index (χ1v) is 8.22. The molecular weight excluding hydrogens is 314 g/mol. The smallest absolute Gasteiger partial charge is 0.233 e. The standard InChI is InChI=1S/C12H13N3O4S2/c1-2-20-12-15-14-11(21-12)13-9(16)7-5-3-4-6(19-5)8(7)10(17)18/h3-8H,2H2,1H3,(H,17,18)(H,13,14,16)/p-1/t5-,6+,7+,8-/m0/s1. The van der Waals surface area contributed by atoms with E-state index in [1.165, 1.54) is 23.1 Å². The summed E-state index contributed by atoms with van der Waals surface area (Å²) < 4.78 is 6.19. The number of hydrogen-bond donors (Lipinski definition) is 1. The van der Waals surface area contributed by atoms with Crippen molar-refractivity contribution in [2.75, 3.05) is 11.1 Å². The number of fused-ring (bicyclic) bond motifs is 2. The third-order valence-electron chi connectivity index (χ3n) is 3.38. The summed E-state index contributed by atoms with van der Waals surface area (Å²) in [6.45, 7) is 1.99. The van der Waals surface area contributed by atoms with E-state index in [4.69, 9.17) is 4.74 Å². The van der Waals surface area contributed by atoms with Crippen molar-refractivity contribution in [3.8, 4) is 0 Å². The van der Waals surface area contributed by atoms with Gasteiger partial charge in [0.15, 0.2) is 4.34 Å². The topological polar surface area (TPSA) is 104 Å². The minimum Gasteiger partial charge on any atom is -0.550 e. The van der Waals surface area contributed by atoms with Crippen LogP contribution in [0.2, 0.25) is 0 Å². The molecule has 0 saturated carbocycles. The molecule has 0 aliphatic carbocycles. The van der Waals surface area contributed by atoms with Gasteiger partial charge in [0.05, 0.1) is 18.1 Å². The number of nitrogens with zero attached hydrogens (tertiary/aromatic N) is 2. The highest BCUT2D eigenvalue weighted by Crippen LogP contribution is 2.39. The Bertz CT molecular complexity index is 603. The predicted molar refractivity (Wildman–Crippen MR) is 74.7 cm³/mol. The van der Waals surface area contributed by atoms with E-state index >= 15 is 0 Å². The molecule has 1 amide bonds. The highest BCUT2D eigenvalue weighted by atomic mass is 32.2. The number of ether oxygens (including phenoxy) is 1. The van der Waals surface area contributed by atoms with Gasteiger partial charge in [0, 0.05) is 11.9 Å². The molecule has 3 rings (SSSR count). The molecule has 112 valence electrons. The Balaban J connectivity index is 1.72. The molecule has 2 aliphatic rings. The molecule has 7 nitrogen and oxygen atoms in total. The van der Waals surface area contributed by atoms with Crippen molar-refractivity contribution >= 4 is 40.1 Å². The number of amides is 1. The predicted octanol–water partition coefficient (Wildman–Crippen LogP) is -0.0919. The van der Waals surface area contributed by atoms with Crippen LogP contribution in [0.15, 0.2) is 16.5 Å². The fraction of sp³-hybridized carbons (Fsp3) is 0.500. The Hall–Kier alpha value is -1.45. The van der Waals surface area contributed by atoms with Crippen LogP contribution in [0, 0.1) is 11.8 Å². The van der Waals surface area contributed by atoms with E-state index in [0.717, 1.165) is 10.1 Å². The summed E-state index contributed by atoms with van der Waals surface area (Å²) in [6, 6.07) is 0. The van der Waals surface area contributed by atoms with Gasteiger partial charge in [-0.15, -0.1) is 10.2 Å². The van der Waals surface area contributed by atoms with E-state index in [0.29, 0.717) is 5.13 Å². The highest BCUT2D eigenvalue weighted by molar-refractivity contribution is 8.01. The molecule has 1 aromatic heterocycles. The summed E-state index contributed by atoms with van der Waals surface area (Å²) in [5.74, 6) is -2.59.